The number of hydrogen-bond donors (Lipinski definition) is 1. The number of hydrogen-bond acceptors (Lipinski definition) is 6. The summed E-state index contributed by atoms with van der Waals surface area (Å²) in [6, 6.07) is 5.39. The minimum atomic E-state index is -0.920. The Balaban J connectivity index is 2.08. The lowest BCUT2D eigenvalue weighted by atomic mass is 10.3. The van der Waals surface area contributed by atoms with E-state index in [1.54, 1.807) is 29.3 Å². The summed E-state index contributed by atoms with van der Waals surface area (Å²) < 4.78 is 5.11. The van der Waals surface area contributed by atoms with Gasteiger partial charge in [-0.3, -0.25) is 14.7 Å². The molecule has 0 atom stereocenters. The number of carboxylic acids is 1. The van der Waals surface area contributed by atoms with Crippen molar-refractivity contribution in [2.24, 2.45) is 0 Å². The Morgan fingerprint density at radius 2 is 2.35 bits per heavy atom. The van der Waals surface area contributed by atoms with E-state index in [9.17, 15) is 4.79 Å². The average molecular weight is 274 g/mol. The first-order valence-corrected chi connectivity index (χ1v) is 5.98. The first-order chi connectivity index (χ1) is 9.69. The topological polar surface area (TPSA) is 92.4 Å². The van der Waals surface area contributed by atoms with Gasteiger partial charge in [0.15, 0.2) is 0 Å². The van der Waals surface area contributed by atoms with Crippen molar-refractivity contribution in [1.29, 1.82) is 0 Å². The van der Waals surface area contributed by atoms with Crippen LogP contribution in [0.1, 0.15) is 5.89 Å². The van der Waals surface area contributed by atoms with Crippen LogP contribution in [-0.4, -0.2) is 44.2 Å². The van der Waals surface area contributed by atoms with Crippen molar-refractivity contribution in [3.05, 3.63) is 42.9 Å². The molecule has 0 saturated carbocycles. The molecular formula is C13H14N4O3. The molecule has 0 aliphatic rings. The summed E-state index contributed by atoms with van der Waals surface area (Å²) in [5.41, 5.74) is 0.607. The number of pyridine rings is 1. The number of aliphatic carboxylic acids is 1. The SMILES string of the molecule is C=CCN(CC(=O)O)Cc1nc(-c2ccccn2)no1. The number of aromatic nitrogens is 3. The van der Waals surface area contributed by atoms with Crippen molar-refractivity contribution in [2.45, 2.75) is 6.54 Å². The molecule has 7 nitrogen and oxygen atoms in total. The van der Waals surface area contributed by atoms with Gasteiger partial charge in [0.2, 0.25) is 11.7 Å². The third kappa shape index (κ3) is 3.72. The van der Waals surface area contributed by atoms with E-state index in [1.807, 2.05) is 6.07 Å². The predicted octanol–water partition coefficient (Wildman–Crippen LogP) is 1.20. The van der Waals surface area contributed by atoms with Gasteiger partial charge in [-0.25, -0.2) is 0 Å². The second-order valence-corrected chi connectivity index (χ2v) is 4.08. The highest BCUT2D eigenvalue weighted by Crippen LogP contribution is 2.12. The second-order valence-electron chi connectivity index (χ2n) is 4.08. The highest BCUT2D eigenvalue weighted by atomic mass is 16.5. The maximum absolute atomic E-state index is 10.7. The van der Waals surface area contributed by atoms with E-state index in [1.165, 1.54) is 0 Å². The van der Waals surface area contributed by atoms with Crippen LogP contribution >= 0.6 is 0 Å². The minimum absolute atomic E-state index is 0.118. The Morgan fingerprint density at radius 1 is 1.50 bits per heavy atom. The van der Waals surface area contributed by atoms with E-state index in [0.717, 1.165) is 0 Å². The molecule has 0 aliphatic heterocycles. The summed E-state index contributed by atoms with van der Waals surface area (Å²) >= 11 is 0. The van der Waals surface area contributed by atoms with Crippen LogP contribution in [0, 0.1) is 0 Å². The summed E-state index contributed by atoms with van der Waals surface area (Å²) in [6.45, 7) is 4.15. The van der Waals surface area contributed by atoms with Crippen molar-refractivity contribution in [2.75, 3.05) is 13.1 Å². The van der Waals surface area contributed by atoms with Gasteiger partial charge in [-0.15, -0.1) is 6.58 Å². The molecule has 0 saturated heterocycles. The summed E-state index contributed by atoms with van der Waals surface area (Å²) in [4.78, 5) is 20.7. The quantitative estimate of drug-likeness (QED) is 0.758. The smallest absolute Gasteiger partial charge is 0.317 e. The van der Waals surface area contributed by atoms with Crippen molar-refractivity contribution in [3.63, 3.8) is 0 Å². The molecule has 0 aliphatic carbocycles. The monoisotopic (exact) mass is 274 g/mol. The number of rotatable bonds is 7. The van der Waals surface area contributed by atoms with E-state index in [-0.39, 0.29) is 13.1 Å². The summed E-state index contributed by atoms with van der Waals surface area (Å²) in [7, 11) is 0. The zero-order valence-corrected chi connectivity index (χ0v) is 10.8. The molecule has 0 bridgehead atoms. The van der Waals surface area contributed by atoms with E-state index in [4.69, 9.17) is 9.63 Å². The van der Waals surface area contributed by atoms with Crippen LogP contribution in [0.5, 0.6) is 0 Å². The number of carboxylic acid groups (broad SMARTS) is 1. The molecule has 0 radical (unpaired) electrons. The maximum atomic E-state index is 10.7. The molecule has 0 spiro atoms. The van der Waals surface area contributed by atoms with Gasteiger partial charge in [-0.05, 0) is 12.1 Å². The fourth-order valence-electron chi connectivity index (χ4n) is 1.67. The third-order valence-electron chi connectivity index (χ3n) is 2.47. The first-order valence-electron chi connectivity index (χ1n) is 5.98. The molecular weight excluding hydrogens is 260 g/mol. The standard InChI is InChI=1S/C13H14N4O3/c1-2-7-17(9-12(18)19)8-11-15-13(16-20-11)10-5-3-4-6-14-10/h2-6H,1,7-9H2,(H,18,19). The highest BCUT2D eigenvalue weighted by molar-refractivity contribution is 5.69. The molecule has 2 aromatic heterocycles. The molecule has 0 unspecified atom stereocenters. The number of carbonyl (C=O) groups is 1. The zero-order chi connectivity index (χ0) is 14.4. The Kier molecular flexibility index (Phi) is 4.56. The molecule has 104 valence electrons. The fraction of sp³-hybridized carbons (Fsp3) is 0.231. The van der Waals surface area contributed by atoms with Gasteiger partial charge in [-0.1, -0.05) is 17.3 Å². The molecule has 7 heteroatoms. The highest BCUT2D eigenvalue weighted by Gasteiger charge is 2.14. The van der Waals surface area contributed by atoms with Crippen LogP contribution in [-0.2, 0) is 11.3 Å². The minimum Gasteiger partial charge on any atom is -0.480 e. The lowest BCUT2D eigenvalue weighted by molar-refractivity contribution is -0.138. The van der Waals surface area contributed by atoms with Crippen LogP contribution in [0.4, 0.5) is 0 Å². The van der Waals surface area contributed by atoms with Crippen LogP contribution < -0.4 is 0 Å². The van der Waals surface area contributed by atoms with Gasteiger partial charge in [0.1, 0.15) is 5.69 Å². The van der Waals surface area contributed by atoms with E-state index in [2.05, 4.69) is 21.7 Å². The number of nitrogens with zero attached hydrogens (tertiary/aromatic N) is 4. The molecule has 20 heavy (non-hydrogen) atoms. The maximum Gasteiger partial charge on any atom is 0.317 e. The summed E-state index contributed by atoms with van der Waals surface area (Å²) in [5.74, 6) is -0.195. The first kappa shape index (κ1) is 13.9. The average Bonchev–Trinajstić information content (AvgIpc) is 2.88. The molecule has 2 rings (SSSR count). The van der Waals surface area contributed by atoms with Crippen molar-refractivity contribution >= 4 is 5.97 Å². The van der Waals surface area contributed by atoms with Gasteiger partial charge in [0.25, 0.3) is 0 Å². The summed E-state index contributed by atoms with van der Waals surface area (Å²) in [6.07, 6.45) is 3.26. The Hall–Kier alpha value is -2.54. The van der Waals surface area contributed by atoms with Crippen molar-refractivity contribution < 1.29 is 14.4 Å². The lowest BCUT2D eigenvalue weighted by Crippen LogP contribution is -2.29. The molecule has 2 heterocycles. The van der Waals surface area contributed by atoms with Crippen LogP contribution in [0.3, 0.4) is 0 Å². The van der Waals surface area contributed by atoms with E-state index in [0.29, 0.717) is 24.0 Å². The van der Waals surface area contributed by atoms with E-state index >= 15 is 0 Å². The van der Waals surface area contributed by atoms with Gasteiger partial charge >= 0.3 is 5.97 Å². The van der Waals surface area contributed by atoms with Crippen molar-refractivity contribution in [1.82, 2.24) is 20.0 Å². The lowest BCUT2D eigenvalue weighted by Gasteiger charge is -2.15. The van der Waals surface area contributed by atoms with Crippen LogP contribution in [0.25, 0.3) is 11.5 Å². The molecule has 0 aromatic carbocycles. The normalized spacial score (nSPS) is 10.7. The second kappa shape index (κ2) is 6.58. The Morgan fingerprint density at radius 3 is 3.00 bits per heavy atom. The summed E-state index contributed by atoms with van der Waals surface area (Å²) in [5, 5.41) is 12.6. The van der Waals surface area contributed by atoms with Gasteiger partial charge < -0.3 is 9.63 Å². The fourth-order valence-corrected chi connectivity index (χ4v) is 1.67. The van der Waals surface area contributed by atoms with Gasteiger partial charge in [-0.2, -0.15) is 4.98 Å². The van der Waals surface area contributed by atoms with Crippen molar-refractivity contribution in [3.8, 4) is 11.5 Å². The largest absolute Gasteiger partial charge is 0.480 e. The molecule has 2 aromatic rings. The zero-order valence-electron chi connectivity index (χ0n) is 10.8. The van der Waals surface area contributed by atoms with E-state index < -0.39 is 5.97 Å². The van der Waals surface area contributed by atoms with Gasteiger partial charge in [0, 0.05) is 12.7 Å². The van der Waals surface area contributed by atoms with Crippen LogP contribution in [0.15, 0.2) is 41.6 Å². The van der Waals surface area contributed by atoms with Crippen LogP contribution in [0.2, 0.25) is 0 Å². The molecule has 0 amide bonds. The third-order valence-corrected chi connectivity index (χ3v) is 2.47. The Labute approximate surface area is 115 Å². The molecule has 1 N–H and O–H groups in total. The van der Waals surface area contributed by atoms with Gasteiger partial charge in [0.05, 0.1) is 13.1 Å². The molecule has 0 fully saturated rings. The predicted molar refractivity (Wildman–Crippen MR) is 70.6 cm³/mol. The Bertz CT molecular complexity index is 582.